The number of hydrogen-bond donors (Lipinski definition) is 5. The van der Waals surface area contributed by atoms with Gasteiger partial charge in [-0.2, -0.15) is 11.8 Å². The molecule has 0 bridgehead atoms. The Morgan fingerprint density at radius 1 is 1.29 bits per heavy atom. The maximum Gasteiger partial charge on any atom is 0.326 e. The lowest BCUT2D eigenvalue weighted by atomic mass is 10.0. The first-order valence-corrected chi connectivity index (χ1v) is 12.6. The van der Waals surface area contributed by atoms with E-state index >= 15 is 0 Å². The minimum Gasteiger partial charge on any atom is -0.480 e. The van der Waals surface area contributed by atoms with Crippen molar-refractivity contribution in [3.63, 3.8) is 0 Å². The summed E-state index contributed by atoms with van der Waals surface area (Å²) in [5, 5.41) is 15.6. The van der Waals surface area contributed by atoms with Gasteiger partial charge in [-0.1, -0.05) is 18.2 Å². The second kappa shape index (κ2) is 11.9. The number of carboxylic acids is 1. The third-order valence-electron chi connectivity index (χ3n) is 5.95. The largest absolute Gasteiger partial charge is 0.480 e. The van der Waals surface area contributed by atoms with E-state index in [0.29, 0.717) is 25.8 Å². The van der Waals surface area contributed by atoms with Gasteiger partial charge in [0, 0.05) is 30.1 Å². The Morgan fingerprint density at radius 2 is 2.06 bits per heavy atom. The van der Waals surface area contributed by atoms with Gasteiger partial charge in [0.05, 0.1) is 12.6 Å². The summed E-state index contributed by atoms with van der Waals surface area (Å²) >= 11 is 1.57. The van der Waals surface area contributed by atoms with E-state index in [-0.39, 0.29) is 13.0 Å². The molecule has 34 heavy (non-hydrogen) atoms. The minimum absolute atomic E-state index is 0.179. The number of amides is 3. The van der Waals surface area contributed by atoms with Crippen LogP contribution in [0.2, 0.25) is 0 Å². The molecule has 0 spiro atoms. The van der Waals surface area contributed by atoms with E-state index in [1.807, 2.05) is 30.5 Å². The molecule has 2 heterocycles. The van der Waals surface area contributed by atoms with Gasteiger partial charge >= 0.3 is 5.97 Å². The smallest absolute Gasteiger partial charge is 0.326 e. The van der Waals surface area contributed by atoms with Crippen LogP contribution in [0.1, 0.15) is 24.8 Å². The average molecular weight is 490 g/mol. The van der Waals surface area contributed by atoms with E-state index < -0.39 is 41.8 Å². The summed E-state index contributed by atoms with van der Waals surface area (Å²) in [6, 6.07) is 4.98. The number of para-hydroxylation sites is 1. The molecular weight excluding hydrogens is 458 g/mol. The predicted octanol–water partition coefficient (Wildman–Crippen LogP) is 0.467. The van der Waals surface area contributed by atoms with Crippen molar-refractivity contribution < 1.29 is 24.3 Å². The normalized spacial score (nSPS) is 17.4. The Balaban J connectivity index is 1.72. The molecule has 3 unspecified atom stereocenters. The van der Waals surface area contributed by atoms with Gasteiger partial charge in [0.2, 0.25) is 17.7 Å². The summed E-state index contributed by atoms with van der Waals surface area (Å²) in [7, 11) is 0. The van der Waals surface area contributed by atoms with Crippen LogP contribution >= 0.6 is 11.8 Å². The lowest BCUT2D eigenvalue weighted by Crippen LogP contribution is -2.54. The number of likely N-dealkylation sites (tertiary alicyclic amines) is 1. The highest BCUT2D eigenvalue weighted by molar-refractivity contribution is 7.98. The van der Waals surface area contributed by atoms with Crippen molar-refractivity contribution in [1.82, 2.24) is 20.5 Å². The number of aliphatic carboxylic acids is 1. The molecule has 3 rings (SSSR count). The number of nitrogens with zero attached hydrogens (tertiary/aromatic N) is 1. The molecule has 1 aromatic heterocycles. The van der Waals surface area contributed by atoms with Crippen LogP contribution in [0.5, 0.6) is 0 Å². The lowest BCUT2D eigenvalue weighted by molar-refractivity contribution is -0.149. The van der Waals surface area contributed by atoms with Gasteiger partial charge in [0.25, 0.3) is 0 Å². The number of thioether (sulfide) groups is 1. The zero-order chi connectivity index (χ0) is 24.7. The van der Waals surface area contributed by atoms with Gasteiger partial charge in [-0.25, -0.2) is 4.79 Å². The van der Waals surface area contributed by atoms with Crippen LogP contribution < -0.4 is 16.4 Å². The molecule has 1 aliphatic rings. The van der Waals surface area contributed by atoms with Gasteiger partial charge in [0.1, 0.15) is 12.1 Å². The highest BCUT2D eigenvalue weighted by Gasteiger charge is 2.37. The summed E-state index contributed by atoms with van der Waals surface area (Å²) < 4.78 is 0. The van der Waals surface area contributed by atoms with Crippen LogP contribution in [-0.4, -0.2) is 81.9 Å². The number of hydrogen-bond acceptors (Lipinski definition) is 6. The molecule has 2 aromatic rings. The van der Waals surface area contributed by atoms with Crippen molar-refractivity contribution in [2.45, 2.75) is 43.8 Å². The quantitative estimate of drug-likeness (QED) is 0.307. The summed E-state index contributed by atoms with van der Waals surface area (Å²) in [5.41, 5.74) is 7.55. The topological polar surface area (TPSA) is 158 Å². The SMILES string of the molecule is CSCCC(N)C(=O)NCC(=O)NC(Cc1c[nH]c2ccccc12)C(=O)N1CCCC1C(=O)O. The van der Waals surface area contributed by atoms with Crippen molar-refractivity contribution >= 4 is 46.4 Å². The van der Waals surface area contributed by atoms with Crippen molar-refractivity contribution in [2.24, 2.45) is 5.73 Å². The van der Waals surface area contributed by atoms with Gasteiger partial charge in [0.15, 0.2) is 0 Å². The number of rotatable bonds is 11. The number of carbonyl (C=O) groups excluding carboxylic acids is 3. The van der Waals surface area contributed by atoms with Crippen LogP contribution in [0.3, 0.4) is 0 Å². The fourth-order valence-corrected chi connectivity index (χ4v) is 4.62. The lowest BCUT2D eigenvalue weighted by Gasteiger charge is -2.27. The number of fused-ring (bicyclic) bond motifs is 1. The van der Waals surface area contributed by atoms with E-state index in [1.54, 1.807) is 18.0 Å². The van der Waals surface area contributed by atoms with Crippen molar-refractivity contribution in [3.8, 4) is 0 Å². The van der Waals surface area contributed by atoms with Gasteiger partial charge in [-0.15, -0.1) is 0 Å². The Bertz CT molecular complexity index is 1040. The Kier molecular flexibility index (Phi) is 8.94. The zero-order valence-corrected chi connectivity index (χ0v) is 19.9. The maximum absolute atomic E-state index is 13.4. The fraction of sp³-hybridized carbons (Fsp3) is 0.478. The van der Waals surface area contributed by atoms with Crippen molar-refractivity contribution in [3.05, 3.63) is 36.0 Å². The molecule has 3 amide bonds. The molecular formula is C23H31N5O5S. The third-order valence-corrected chi connectivity index (χ3v) is 6.59. The molecule has 1 aliphatic heterocycles. The molecule has 6 N–H and O–H groups in total. The highest BCUT2D eigenvalue weighted by Crippen LogP contribution is 2.22. The maximum atomic E-state index is 13.4. The standard InChI is InChI=1S/C23H31N5O5S/c1-34-10-8-16(24)21(30)26-13-20(29)27-18(22(31)28-9-4-7-19(28)23(32)33)11-14-12-25-17-6-3-2-5-15(14)17/h2-3,5-6,12,16,18-19,25H,4,7-11,13,24H2,1H3,(H,26,30)(H,27,29)(H,32,33). The monoisotopic (exact) mass is 489 g/mol. The molecule has 184 valence electrons. The fourth-order valence-electron chi connectivity index (χ4n) is 4.13. The number of aromatic nitrogens is 1. The second-order valence-electron chi connectivity index (χ2n) is 8.32. The zero-order valence-electron chi connectivity index (χ0n) is 19.1. The average Bonchev–Trinajstić information content (AvgIpc) is 3.48. The van der Waals surface area contributed by atoms with E-state index in [4.69, 9.17) is 5.73 Å². The van der Waals surface area contributed by atoms with Gasteiger partial charge < -0.3 is 31.4 Å². The molecule has 3 atom stereocenters. The van der Waals surface area contributed by atoms with E-state index in [0.717, 1.165) is 22.2 Å². The minimum atomic E-state index is -1.06. The second-order valence-corrected chi connectivity index (χ2v) is 9.30. The number of benzene rings is 1. The van der Waals surface area contributed by atoms with E-state index in [1.165, 1.54) is 4.90 Å². The van der Waals surface area contributed by atoms with Crippen LogP contribution in [0.4, 0.5) is 0 Å². The summed E-state index contributed by atoms with van der Waals surface area (Å²) in [4.78, 5) is 54.2. The number of nitrogens with two attached hydrogens (primary N) is 1. The summed E-state index contributed by atoms with van der Waals surface area (Å²) in [6.07, 6.45) is 5.32. The Morgan fingerprint density at radius 3 is 2.79 bits per heavy atom. The van der Waals surface area contributed by atoms with Crippen LogP contribution in [-0.2, 0) is 25.6 Å². The molecule has 1 saturated heterocycles. The van der Waals surface area contributed by atoms with Gasteiger partial charge in [-0.3, -0.25) is 14.4 Å². The number of aromatic amines is 1. The predicted molar refractivity (Wildman–Crippen MR) is 130 cm³/mol. The molecule has 11 heteroatoms. The van der Waals surface area contributed by atoms with E-state index in [2.05, 4.69) is 15.6 Å². The molecule has 10 nitrogen and oxygen atoms in total. The van der Waals surface area contributed by atoms with Crippen LogP contribution in [0.15, 0.2) is 30.5 Å². The Labute approximate surface area is 202 Å². The molecule has 0 saturated carbocycles. The first kappa shape index (κ1) is 25.6. The summed E-state index contributed by atoms with van der Waals surface area (Å²) in [6.45, 7) is -0.0110. The highest BCUT2D eigenvalue weighted by atomic mass is 32.2. The van der Waals surface area contributed by atoms with Gasteiger partial charge in [-0.05, 0) is 42.9 Å². The number of nitrogens with one attached hydrogen (secondary N) is 3. The van der Waals surface area contributed by atoms with Crippen molar-refractivity contribution in [1.29, 1.82) is 0 Å². The van der Waals surface area contributed by atoms with Crippen molar-refractivity contribution in [2.75, 3.05) is 25.1 Å². The molecule has 0 aliphatic carbocycles. The number of carboxylic acid groups (broad SMARTS) is 1. The number of carbonyl (C=O) groups is 4. The first-order valence-electron chi connectivity index (χ1n) is 11.2. The molecule has 1 fully saturated rings. The summed E-state index contributed by atoms with van der Waals surface area (Å²) in [5.74, 6) is -1.77. The van der Waals surface area contributed by atoms with Crippen LogP contribution in [0, 0.1) is 0 Å². The van der Waals surface area contributed by atoms with E-state index in [9.17, 15) is 24.3 Å². The first-order chi connectivity index (χ1) is 16.3. The number of H-pyrrole nitrogens is 1. The molecule has 0 radical (unpaired) electrons. The third kappa shape index (κ3) is 6.29. The molecule has 1 aromatic carbocycles. The van der Waals surface area contributed by atoms with Crippen LogP contribution in [0.25, 0.3) is 10.9 Å². The Hall–Kier alpha value is -3.05.